The molecule has 0 unspecified atom stereocenters. The summed E-state index contributed by atoms with van der Waals surface area (Å²) >= 11 is 0. The zero-order chi connectivity index (χ0) is 16.1. The molecule has 0 spiro atoms. The molecular formula is C17H23N3O2. The number of rotatable bonds is 6. The van der Waals surface area contributed by atoms with Crippen LogP contribution in [0.5, 0.6) is 5.75 Å². The third kappa shape index (κ3) is 4.10. The molecule has 0 atom stereocenters. The van der Waals surface area contributed by atoms with Gasteiger partial charge in [0.15, 0.2) is 0 Å². The van der Waals surface area contributed by atoms with Crippen LogP contribution in [-0.4, -0.2) is 28.8 Å². The standard InChI is InChI=1S/C17H23N3O2/c1-12-5-7-15(8-6-12)22-10-9-18-17(21)11-16-13(2)19-20(4)14(16)3/h5-8H,9-11H2,1-4H3,(H,18,21). The monoisotopic (exact) mass is 301 g/mol. The average molecular weight is 301 g/mol. The van der Waals surface area contributed by atoms with E-state index in [1.807, 2.05) is 52.1 Å². The van der Waals surface area contributed by atoms with Gasteiger partial charge in [0.25, 0.3) is 0 Å². The molecule has 0 aliphatic heterocycles. The van der Waals surface area contributed by atoms with Gasteiger partial charge in [-0.25, -0.2) is 0 Å². The first kappa shape index (κ1) is 16.1. The van der Waals surface area contributed by atoms with Crippen molar-refractivity contribution < 1.29 is 9.53 Å². The van der Waals surface area contributed by atoms with Crippen molar-refractivity contribution in [1.82, 2.24) is 15.1 Å². The molecule has 2 aromatic rings. The highest BCUT2D eigenvalue weighted by Gasteiger charge is 2.12. The summed E-state index contributed by atoms with van der Waals surface area (Å²) in [4.78, 5) is 12.0. The molecule has 22 heavy (non-hydrogen) atoms. The summed E-state index contributed by atoms with van der Waals surface area (Å²) in [5.74, 6) is 0.811. The van der Waals surface area contributed by atoms with Crippen LogP contribution in [0.25, 0.3) is 0 Å². The molecule has 1 N–H and O–H groups in total. The maximum absolute atomic E-state index is 12.0. The lowest BCUT2D eigenvalue weighted by molar-refractivity contribution is -0.120. The van der Waals surface area contributed by atoms with Crippen molar-refractivity contribution in [1.29, 1.82) is 0 Å². The molecule has 0 bridgehead atoms. The van der Waals surface area contributed by atoms with Crippen molar-refractivity contribution in [3.63, 3.8) is 0 Å². The van der Waals surface area contributed by atoms with E-state index in [4.69, 9.17) is 4.74 Å². The van der Waals surface area contributed by atoms with E-state index in [1.165, 1.54) is 5.56 Å². The van der Waals surface area contributed by atoms with E-state index in [0.29, 0.717) is 19.6 Å². The van der Waals surface area contributed by atoms with Crippen molar-refractivity contribution in [3.05, 3.63) is 46.8 Å². The molecule has 1 aromatic carbocycles. The first-order chi connectivity index (χ1) is 10.5. The first-order valence-corrected chi connectivity index (χ1v) is 7.42. The maximum atomic E-state index is 12.0. The Labute approximate surface area is 131 Å². The smallest absolute Gasteiger partial charge is 0.224 e. The lowest BCUT2D eigenvalue weighted by Crippen LogP contribution is -2.29. The predicted molar refractivity (Wildman–Crippen MR) is 86.1 cm³/mol. The maximum Gasteiger partial charge on any atom is 0.224 e. The fourth-order valence-electron chi connectivity index (χ4n) is 2.29. The van der Waals surface area contributed by atoms with Gasteiger partial charge in [-0.1, -0.05) is 17.7 Å². The number of hydrogen-bond acceptors (Lipinski definition) is 3. The number of nitrogens with zero attached hydrogens (tertiary/aromatic N) is 2. The van der Waals surface area contributed by atoms with Crippen LogP contribution in [0.15, 0.2) is 24.3 Å². The quantitative estimate of drug-likeness (QED) is 0.831. The number of ether oxygens (including phenoxy) is 1. The number of hydrogen-bond donors (Lipinski definition) is 1. The minimum atomic E-state index is -0.00768. The molecule has 0 saturated heterocycles. The van der Waals surface area contributed by atoms with Crippen LogP contribution in [-0.2, 0) is 18.3 Å². The van der Waals surface area contributed by atoms with Crippen molar-refractivity contribution in [2.75, 3.05) is 13.2 Å². The molecular weight excluding hydrogens is 278 g/mol. The minimum absolute atomic E-state index is 0.00768. The number of carbonyl (C=O) groups excluding carboxylic acids is 1. The summed E-state index contributed by atoms with van der Waals surface area (Å²) in [5.41, 5.74) is 4.14. The van der Waals surface area contributed by atoms with Crippen molar-refractivity contribution in [2.24, 2.45) is 7.05 Å². The van der Waals surface area contributed by atoms with E-state index in [9.17, 15) is 4.79 Å². The zero-order valence-corrected chi connectivity index (χ0v) is 13.6. The van der Waals surface area contributed by atoms with Gasteiger partial charge in [-0.05, 0) is 32.9 Å². The predicted octanol–water partition coefficient (Wildman–Crippen LogP) is 2.08. The van der Waals surface area contributed by atoms with Gasteiger partial charge < -0.3 is 10.1 Å². The van der Waals surface area contributed by atoms with E-state index in [1.54, 1.807) is 4.68 Å². The van der Waals surface area contributed by atoms with Crippen LogP contribution in [0.3, 0.4) is 0 Å². The van der Waals surface area contributed by atoms with E-state index < -0.39 is 0 Å². The molecule has 5 heteroatoms. The molecule has 118 valence electrons. The fourth-order valence-corrected chi connectivity index (χ4v) is 2.29. The Morgan fingerprint density at radius 3 is 2.50 bits per heavy atom. The van der Waals surface area contributed by atoms with E-state index in [0.717, 1.165) is 22.7 Å². The number of amides is 1. The summed E-state index contributed by atoms with van der Waals surface area (Å²) in [5, 5.41) is 7.19. The van der Waals surface area contributed by atoms with Gasteiger partial charge >= 0.3 is 0 Å². The summed E-state index contributed by atoms with van der Waals surface area (Å²) in [6.07, 6.45) is 0.357. The lowest BCUT2D eigenvalue weighted by atomic mass is 10.1. The Kier molecular flexibility index (Phi) is 5.20. The highest BCUT2D eigenvalue weighted by molar-refractivity contribution is 5.79. The zero-order valence-electron chi connectivity index (χ0n) is 13.6. The van der Waals surface area contributed by atoms with Crippen LogP contribution >= 0.6 is 0 Å². The van der Waals surface area contributed by atoms with Gasteiger partial charge in [-0.2, -0.15) is 5.10 Å². The number of benzene rings is 1. The second-order valence-corrected chi connectivity index (χ2v) is 5.46. The average Bonchev–Trinajstić information content (AvgIpc) is 2.72. The van der Waals surface area contributed by atoms with Crippen LogP contribution in [0.4, 0.5) is 0 Å². The molecule has 0 radical (unpaired) electrons. The van der Waals surface area contributed by atoms with Crippen LogP contribution < -0.4 is 10.1 Å². The Hall–Kier alpha value is -2.30. The highest BCUT2D eigenvalue weighted by atomic mass is 16.5. The Balaban J connectivity index is 1.75. The second kappa shape index (κ2) is 7.11. The van der Waals surface area contributed by atoms with E-state index in [2.05, 4.69) is 10.4 Å². The Morgan fingerprint density at radius 1 is 1.23 bits per heavy atom. The summed E-state index contributed by atoms with van der Waals surface area (Å²) in [6.45, 7) is 6.89. The summed E-state index contributed by atoms with van der Waals surface area (Å²) in [6, 6.07) is 7.86. The van der Waals surface area contributed by atoms with E-state index in [-0.39, 0.29) is 5.91 Å². The van der Waals surface area contributed by atoms with Gasteiger partial charge in [-0.3, -0.25) is 9.48 Å². The molecule has 5 nitrogen and oxygen atoms in total. The van der Waals surface area contributed by atoms with E-state index >= 15 is 0 Å². The number of nitrogens with one attached hydrogen (secondary N) is 1. The highest BCUT2D eigenvalue weighted by Crippen LogP contribution is 2.12. The third-order valence-corrected chi connectivity index (χ3v) is 3.71. The van der Waals surface area contributed by atoms with Crippen molar-refractivity contribution in [3.8, 4) is 5.75 Å². The topological polar surface area (TPSA) is 56.1 Å². The van der Waals surface area contributed by atoms with Crippen LogP contribution in [0.2, 0.25) is 0 Å². The normalized spacial score (nSPS) is 10.5. The largest absolute Gasteiger partial charge is 0.492 e. The SMILES string of the molecule is Cc1ccc(OCCNC(=O)Cc2c(C)nn(C)c2C)cc1. The molecule has 1 amide bonds. The molecule has 2 rings (SSSR count). The molecule has 0 aliphatic rings. The van der Waals surface area contributed by atoms with Gasteiger partial charge in [0.05, 0.1) is 18.7 Å². The van der Waals surface area contributed by atoms with Crippen LogP contribution in [0.1, 0.15) is 22.5 Å². The number of carbonyl (C=O) groups is 1. The molecule has 0 saturated carbocycles. The van der Waals surface area contributed by atoms with Crippen molar-refractivity contribution in [2.45, 2.75) is 27.2 Å². The molecule has 0 fully saturated rings. The van der Waals surface area contributed by atoms with Gasteiger partial charge in [0, 0.05) is 18.3 Å². The number of aromatic nitrogens is 2. The molecule has 1 aromatic heterocycles. The van der Waals surface area contributed by atoms with Gasteiger partial charge in [-0.15, -0.1) is 0 Å². The fraction of sp³-hybridized carbons (Fsp3) is 0.412. The van der Waals surface area contributed by atoms with Gasteiger partial charge in [0.2, 0.25) is 5.91 Å². The first-order valence-electron chi connectivity index (χ1n) is 7.42. The Bertz CT molecular complexity index is 645. The Morgan fingerprint density at radius 2 is 1.91 bits per heavy atom. The minimum Gasteiger partial charge on any atom is -0.492 e. The summed E-state index contributed by atoms with van der Waals surface area (Å²) < 4.78 is 7.39. The number of aryl methyl sites for hydroxylation is 3. The lowest BCUT2D eigenvalue weighted by Gasteiger charge is -2.08. The molecule has 1 heterocycles. The van der Waals surface area contributed by atoms with Crippen LogP contribution in [0, 0.1) is 20.8 Å². The summed E-state index contributed by atoms with van der Waals surface area (Å²) in [7, 11) is 1.89. The van der Waals surface area contributed by atoms with Gasteiger partial charge in [0.1, 0.15) is 12.4 Å². The molecule has 0 aliphatic carbocycles. The second-order valence-electron chi connectivity index (χ2n) is 5.46. The van der Waals surface area contributed by atoms with Crippen molar-refractivity contribution >= 4 is 5.91 Å². The third-order valence-electron chi connectivity index (χ3n) is 3.71.